The van der Waals surface area contributed by atoms with Crippen LogP contribution in [0.1, 0.15) is 79.6 Å². The highest BCUT2D eigenvalue weighted by Gasteiger charge is 2.44. The number of benzene rings is 3. The normalized spacial score (nSPS) is 19.0. The largest absolute Gasteiger partial charge is 0.372 e. The monoisotopic (exact) mass is 839 g/mol. The SMILES string of the molecule is Cc1cc(-c2ncnc3[nH]c4cc(N5CCN(CC6CCN(c7ccc(N8CCC(=O)NC8=O)cc7)CC6)CC5)ccc4c23)c(F)cc1C(C)NC(=O)c1nc(C2(C)CC2)no1. The number of nitrogens with zero attached hydrogens (tertiary/aromatic N) is 8. The third-order valence-electron chi connectivity index (χ3n) is 13.4. The Morgan fingerprint density at radius 2 is 1.66 bits per heavy atom. The zero-order chi connectivity index (χ0) is 42.7. The molecule has 62 heavy (non-hydrogen) atoms. The number of aryl methyl sites for hydroxylation is 1. The Morgan fingerprint density at radius 3 is 2.40 bits per heavy atom. The Morgan fingerprint density at radius 1 is 0.935 bits per heavy atom. The van der Waals surface area contributed by atoms with E-state index in [1.54, 1.807) is 17.9 Å². The van der Waals surface area contributed by atoms with Crippen LogP contribution in [-0.2, 0) is 10.2 Å². The number of nitrogens with one attached hydrogen (secondary N) is 3. The van der Waals surface area contributed by atoms with Crippen molar-refractivity contribution in [1.82, 2.24) is 40.6 Å². The highest BCUT2D eigenvalue weighted by atomic mass is 19.1. The van der Waals surface area contributed by atoms with Gasteiger partial charge in [0.2, 0.25) is 5.91 Å². The van der Waals surface area contributed by atoms with Gasteiger partial charge in [0.1, 0.15) is 17.8 Å². The predicted molar refractivity (Wildman–Crippen MR) is 234 cm³/mol. The standard InChI is InChI=1S/C46H50FN11O4/c1-27-22-35(36(47)24-34(27)28(2)50-42(60)43-53-44(54-62-43)46(3)13-14-46)40-39-33-9-8-32(23-37(33)51-41(39)49-26-48-40)57-20-18-55(19-21-57)25-29-10-15-56(16-11-29)30-4-6-31(7-5-30)58-17-12-38(59)52-45(58)61/h4-9,22-24,26,28-29H,10-21,25H2,1-3H3,(H,50,60)(H,48,49,51)(H,52,59,61). The third-order valence-corrected chi connectivity index (χ3v) is 13.4. The molecular formula is C46H50FN11O4. The van der Waals surface area contributed by atoms with Crippen molar-refractivity contribution < 1.29 is 23.3 Å². The number of hydrogen-bond acceptors (Lipinski definition) is 11. The molecular weight excluding hydrogens is 790 g/mol. The second kappa shape index (κ2) is 15.8. The van der Waals surface area contributed by atoms with Crippen molar-refractivity contribution in [1.29, 1.82) is 0 Å². The van der Waals surface area contributed by atoms with Crippen LogP contribution in [0.15, 0.2) is 65.4 Å². The number of hydrogen-bond donors (Lipinski definition) is 3. The molecule has 1 unspecified atom stereocenters. The third kappa shape index (κ3) is 7.60. The molecule has 1 atom stereocenters. The van der Waals surface area contributed by atoms with Gasteiger partial charge in [-0.05, 0) is 105 Å². The fraction of sp³-hybridized carbons (Fsp3) is 0.413. The van der Waals surface area contributed by atoms with E-state index in [9.17, 15) is 14.4 Å². The van der Waals surface area contributed by atoms with Gasteiger partial charge in [0.15, 0.2) is 5.82 Å². The van der Waals surface area contributed by atoms with Gasteiger partial charge in [-0.3, -0.25) is 24.7 Å². The summed E-state index contributed by atoms with van der Waals surface area (Å²) in [5.41, 5.74) is 6.84. The summed E-state index contributed by atoms with van der Waals surface area (Å²) in [5, 5.41) is 11.0. The van der Waals surface area contributed by atoms with E-state index in [-0.39, 0.29) is 23.2 Å². The number of rotatable bonds is 10. The predicted octanol–water partition coefficient (Wildman–Crippen LogP) is 6.64. The Bertz CT molecular complexity index is 2690. The van der Waals surface area contributed by atoms with Crippen LogP contribution in [0.4, 0.5) is 26.2 Å². The molecule has 0 spiro atoms. The van der Waals surface area contributed by atoms with E-state index in [4.69, 9.17) is 4.52 Å². The molecule has 1 saturated carbocycles. The molecule has 320 valence electrons. The van der Waals surface area contributed by atoms with Gasteiger partial charge in [0.05, 0.1) is 17.1 Å². The number of carbonyl (C=O) groups excluding carboxylic acids is 3. The molecule has 6 aromatic rings. The summed E-state index contributed by atoms with van der Waals surface area (Å²) in [7, 11) is 0. The lowest BCUT2D eigenvalue weighted by molar-refractivity contribution is -0.120. The molecule has 16 heteroatoms. The van der Waals surface area contributed by atoms with E-state index in [1.807, 2.05) is 26.0 Å². The maximum atomic E-state index is 16.1. The highest BCUT2D eigenvalue weighted by molar-refractivity contribution is 6.12. The number of urea groups is 1. The lowest BCUT2D eigenvalue weighted by atomic mass is 9.95. The van der Waals surface area contributed by atoms with Gasteiger partial charge in [0, 0.05) is 97.7 Å². The van der Waals surface area contributed by atoms with Crippen molar-refractivity contribution in [2.24, 2.45) is 5.92 Å². The number of anilines is 3. The van der Waals surface area contributed by atoms with Crippen molar-refractivity contribution in [2.75, 3.05) is 67.1 Å². The second-order valence-corrected chi connectivity index (χ2v) is 17.7. The van der Waals surface area contributed by atoms with Gasteiger partial charge >= 0.3 is 17.8 Å². The number of piperazine rings is 1. The van der Waals surface area contributed by atoms with Crippen LogP contribution >= 0.6 is 0 Å². The minimum atomic E-state index is -0.514. The maximum absolute atomic E-state index is 16.1. The van der Waals surface area contributed by atoms with Gasteiger partial charge in [-0.25, -0.2) is 19.2 Å². The number of H-pyrrole nitrogens is 1. The minimum Gasteiger partial charge on any atom is -0.372 e. The molecule has 0 bridgehead atoms. The molecule has 10 rings (SSSR count). The van der Waals surface area contributed by atoms with Gasteiger partial charge in [-0.2, -0.15) is 4.98 Å². The summed E-state index contributed by atoms with van der Waals surface area (Å²) in [6.07, 6.45) is 5.97. The van der Waals surface area contributed by atoms with Crippen LogP contribution in [0, 0.1) is 18.7 Å². The van der Waals surface area contributed by atoms with E-state index >= 15 is 4.39 Å². The fourth-order valence-electron chi connectivity index (χ4n) is 9.35. The first kappa shape index (κ1) is 39.7. The zero-order valence-corrected chi connectivity index (χ0v) is 35.2. The number of amides is 4. The van der Waals surface area contributed by atoms with Crippen molar-refractivity contribution in [2.45, 2.75) is 64.3 Å². The number of fused-ring (bicyclic) bond motifs is 3. The Kier molecular flexibility index (Phi) is 10.1. The summed E-state index contributed by atoms with van der Waals surface area (Å²) in [6, 6.07) is 16.9. The van der Waals surface area contributed by atoms with Crippen molar-refractivity contribution >= 4 is 56.8 Å². The molecule has 6 heterocycles. The van der Waals surface area contributed by atoms with Gasteiger partial charge in [-0.15, -0.1) is 0 Å². The maximum Gasteiger partial charge on any atom is 0.328 e. The first-order chi connectivity index (χ1) is 30.0. The summed E-state index contributed by atoms with van der Waals surface area (Å²) in [4.78, 5) is 62.8. The van der Waals surface area contributed by atoms with Crippen LogP contribution in [0.3, 0.4) is 0 Å². The minimum absolute atomic E-state index is 0.0961. The molecule has 3 aromatic heterocycles. The second-order valence-electron chi connectivity index (χ2n) is 17.7. The van der Waals surface area contributed by atoms with Gasteiger partial charge < -0.3 is 24.6 Å². The molecule has 0 radical (unpaired) electrons. The smallest absolute Gasteiger partial charge is 0.328 e. The van der Waals surface area contributed by atoms with Crippen molar-refractivity contribution in [3.63, 3.8) is 0 Å². The highest BCUT2D eigenvalue weighted by Crippen LogP contribution is 2.46. The Labute approximate surface area is 358 Å². The lowest BCUT2D eigenvalue weighted by Crippen LogP contribution is -2.49. The summed E-state index contributed by atoms with van der Waals surface area (Å²) in [5.74, 6) is -0.0787. The van der Waals surface area contributed by atoms with E-state index in [2.05, 4.69) is 80.8 Å². The van der Waals surface area contributed by atoms with Crippen LogP contribution in [0.5, 0.6) is 0 Å². The number of aromatic nitrogens is 5. The topological polar surface area (TPSA) is 169 Å². The van der Waals surface area contributed by atoms with Gasteiger partial charge in [0.25, 0.3) is 0 Å². The molecule has 4 fully saturated rings. The van der Waals surface area contributed by atoms with Crippen LogP contribution in [-0.4, -0.2) is 100 Å². The van der Waals surface area contributed by atoms with Gasteiger partial charge in [-0.1, -0.05) is 18.1 Å². The average Bonchev–Trinajstić information content (AvgIpc) is 3.64. The molecule has 3 aromatic carbocycles. The van der Waals surface area contributed by atoms with Crippen molar-refractivity contribution in [3.8, 4) is 11.3 Å². The molecule has 3 N–H and O–H groups in total. The number of imide groups is 1. The number of carbonyl (C=O) groups is 3. The summed E-state index contributed by atoms with van der Waals surface area (Å²) in [6.45, 7) is 13.1. The summed E-state index contributed by atoms with van der Waals surface area (Å²) >= 11 is 0. The quantitative estimate of drug-likeness (QED) is 0.135. The Hall–Kier alpha value is -6.42. The van der Waals surface area contributed by atoms with Crippen LogP contribution < -0.4 is 25.3 Å². The van der Waals surface area contributed by atoms with E-state index < -0.39 is 17.8 Å². The first-order valence-electron chi connectivity index (χ1n) is 21.7. The van der Waals surface area contributed by atoms with E-state index in [1.165, 1.54) is 12.4 Å². The molecule has 3 aliphatic heterocycles. The van der Waals surface area contributed by atoms with Crippen LogP contribution in [0.2, 0.25) is 0 Å². The lowest BCUT2D eigenvalue weighted by Gasteiger charge is -2.40. The fourth-order valence-corrected chi connectivity index (χ4v) is 9.35. The van der Waals surface area contributed by atoms with E-state index in [0.717, 1.165) is 110 Å². The molecule has 15 nitrogen and oxygen atoms in total. The van der Waals surface area contributed by atoms with Crippen LogP contribution in [0.25, 0.3) is 33.2 Å². The number of piperidine rings is 1. The number of halogens is 1. The molecule has 4 aliphatic rings. The molecule has 1 aliphatic carbocycles. The van der Waals surface area contributed by atoms with E-state index in [0.29, 0.717) is 47.2 Å². The summed E-state index contributed by atoms with van der Waals surface area (Å²) < 4.78 is 21.4. The average molecular weight is 840 g/mol. The number of aromatic amines is 1. The zero-order valence-electron chi connectivity index (χ0n) is 35.2. The Balaban J connectivity index is 0.757. The molecule has 3 saturated heterocycles. The first-order valence-corrected chi connectivity index (χ1v) is 21.7. The molecule has 4 amide bonds. The van der Waals surface area contributed by atoms with Crippen molar-refractivity contribution in [3.05, 3.63) is 89.6 Å².